The molecule has 0 saturated heterocycles. The second kappa shape index (κ2) is 7.01. The zero-order valence-electron chi connectivity index (χ0n) is 10.5. The molecule has 1 rings (SSSR count). The lowest BCUT2D eigenvalue weighted by molar-refractivity contribution is -0.275. The molecule has 0 aliphatic carbocycles. The fourth-order valence-electron chi connectivity index (χ4n) is 1.40. The maximum absolute atomic E-state index is 12.9. The first-order valence-corrected chi connectivity index (χ1v) is 6.62. The largest absolute Gasteiger partial charge is 0.573 e. The molecule has 10 heteroatoms. The second-order valence-corrected chi connectivity index (χ2v) is 4.14. The molecule has 0 aromatic carbocycles. The first kappa shape index (κ1) is 17.6. The van der Waals surface area contributed by atoms with Crippen LogP contribution in [0.1, 0.15) is 35.1 Å². The third-order valence-electron chi connectivity index (χ3n) is 2.13. The van der Waals surface area contributed by atoms with Crippen LogP contribution in [-0.2, 0) is 10.1 Å². The van der Waals surface area contributed by atoms with E-state index in [2.05, 4.69) is 30.4 Å². The quantitative estimate of drug-likeness (QED) is 0.442. The number of alkyl halides is 6. The van der Waals surface area contributed by atoms with Gasteiger partial charge in [0.25, 0.3) is 6.43 Å². The Morgan fingerprint density at radius 2 is 2.05 bits per heavy atom. The van der Waals surface area contributed by atoms with Crippen molar-refractivity contribution >= 4 is 21.9 Å². The van der Waals surface area contributed by atoms with Gasteiger partial charge in [-0.25, -0.2) is 18.6 Å². The van der Waals surface area contributed by atoms with Crippen molar-refractivity contribution in [1.29, 1.82) is 0 Å². The van der Waals surface area contributed by atoms with Crippen LogP contribution in [0.5, 0.6) is 5.75 Å². The number of esters is 1. The smallest absolute Gasteiger partial charge is 0.461 e. The third-order valence-corrected chi connectivity index (χ3v) is 2.73. The topological polar surface area (TPSA) is 48.4 Å². The molecule has 0 unspecified atom stereocenters. The molecular weight excluding hydrogens is 369 g/mol. The second-order valence-electron chi connectivity index (χ2n) is 3.58. The van der Waals surface area contributed by atoms with Gasteiger partial charge in [0, 0.05) is 10.9 Å². The van der Waals surface area contributed by atoms with E-state index in [1.54, 1.807) is 0 Å². The summed E-state index contributed by atoms with van der Waals surface area (Å²) < 4.78 is 70.7. The molecule has 0 bridgehead atoms. The highest BCUT2D eigenvalue weighted by atomic mass is 79.9. The van der Waals surface area contributed by atoms with Crippen LogP contribution in [0.2, 0.25) is 0 Å². The SMILES string of the molecule is CCOC(=O)c1cc(CBr)c(OC(F)(F)F)c(C(F)F)n1. The van der Waals surface area contributed by atoms with E-state index >= 15 is 0 Å². The molecule has 0 fully saturated rings. The molecule has 1 heterocycles. The van der Waals surface area contributed by atoms with Gasteiger partial charge in [0.2, 0.25) is 0 Å². The van der Waals surface area contributed by atoms with E-state index in [0.29, 0.717) is 0 Å². The third kappa shape index (κ3) is 4.80. The van der Waals surface area contributed by atoms with Gasteiger partial charge in [-0.15, -0.1) is 13.2 Å². The van der Waals surface area contributed by atoms with Crippen molar-refractivity contribution in [3.8, 4) is 5.75 Å². The minimum atomic E-state index is -5.16. The summed E-state index contributed by atoms with van der Waals surface area (Å²) >= 11 is 2.85. The fourth-order valence-corrected chi connectivity index (χ4v) is 1.81. The Hall–Kier alpha value is -1.45. The van der Waals surface area contributed by atoms with E-state index in [1.807, 2.05) is 0 Å². The lowest BCUT2D eigenvalue weighted by Gasteiger charge is -2.16. The number of nitrogens with zero attached hydrogens (tertiary/aromatic N) is 1. The van der Waals surface area contributed by atoms with Crippen molar-refractivity contribution in [3.63, 3.8) is 0 Å². The summed E-state index contributed by atoms with van der Waals surface area (Å²) in [6, 6.07) is 0.902. The molecule has 1 aromatic heterocycles. The Labute approximate surface area is 124 Å². The van der Waals surface area contributed by atoms with Crippen LogP contribution in [0, 0.1) is 0 Å². The van der Waals surface area contributed by atoms with Gasteiger partial charge in [0.15, 0.2) is 5.75 Å². The summed E-state index contributed by atoms with van der Waals surface area (Å²) in [5.41, 5.74) is -2.08. The van der Waals surface area contributed by atoms with E-state index in [9.17, 15) is 26.7 Å². The predicted molar refractivity (Wildman–Crippen MR) is 64.5 cm³/mol. The highest BCUT2D eigenvalue weighted by molar-refractivity contribution is 9.08. The van der Waals surface area contributed by atoms with Crippen LogP contribution in [-0.4, -0.2) is 23.9 Å². The van der Waals surface area contributed by atoms with E-state index in [0.717, 1.165) is 6.07 Å². The zero-order valence-corrected chi connectivity index (χ0v) is 12.1. The summed E-state index contributed by atoms with van der Waals surface area (Å²) in [6.45, 7) is 1.45. The van der Waals surface area contributed by atoms with Gasteiger partial charge >= 0.3 is 12.3 Å². The van der Waals surface area contributed by atoms with Crippen molar-refractivity contribution < 1.29 is 36.2 Å². The maximum atomic E-state index is 12.9. The number of hydrogen-bond donors (Lipinski definition) is 0. The lowest BCUT2D eigenvalue weighted by Crippen LogP contribution is -2.21. The van der Waals surface area contributed by atoms with Crippen LogP contribution >= 0.6 is 15.9 Å². The Kier molecular flexibility index (Phi) is 5.87. The van der Waals surface area contributed by atoms with Gasteiger partial charge in [0.05, 0.1) is 6.61 Å². The molecule has 0 amide bonds. The predicted octanol–water partition coefficient (Wildman–Crippen LogP) is 3.99. The summed E-state index contributed by atoms with van der Waals surface area (Å²) in [6.07, 6.45) is -8.51. The van der Waals surface area contributed by atoms with Gasteiger partial charge in [-0.2, -0.15) is 0 Å². The minimum Gasteiger partial charge on any atom is -0.461 e. The molecule has 0 spiro atoms. The lowest BCUT2D eigenvalue weighted by atomic mass is 10.2. The number of halogens is 6. The first-order chi connectivity index (χ1) is 9.69. The standard InChI is InChI=1S/C11H9BrF5NO3/c1-2-20-10(19)6-3-5(4-12)8(21-11(15,16)17)7(18-6)9(13)14/h3,9H,2,4H2,1H3. The number of hydrogen-bond acceptors (Lipinski definition) is 4. The van der Waals surface area contributed by atoms with Crippen molar-refractivity contribution in [2.45, 2.75) is 25.0 Å². The zero-order chi connectivity index (χ0) is 16.2. The maximum Gasteiger partial charge on any atom is 0.573 e. The highest BCUT2D eigenvalue weighted by Gasteiger charge is 2.35. The summed E-state index contributed by atoms with van der Waals surface area (Å²) in [7, 11) is 0. The first-order valence-electron chi connectivity index (χ1n) is 5.50. The van der Waals surface area contributed by atoms with Crippen LogP contribution in [0.4, 0.5) is 22.0 Å². The van der Waals surface area contributed by atoms with Crippen LogP contribution in [0.25, 0.3) is 0 Å². The molecule has 0 atom stereocenters. The van der Waals surface area contributed by atoms with Gasteiger partial charge in [-0.05, 0) is 13.0 Å². The van der Waals surface area contributed by atoms with Crippen molar-refractivity contribution in [2.75, 3.05) is 6.61 Å². The van der Waals surface area contributed by atoms with E-state index in [-0.39, 0.29) is 17.5 Å². The Bertz CT molecular complexity index is 521. The molecule has 0 aliphatic rings. The van der Waals surface area contributed by atoms with Crippen LogP contribution in [0.15, 0.2) is 6.07 Å². The molecule has 0 N–H and O–H groups in total. The molecule has 21 heavy (non-hydrogen) atoms. The minimum absolute atomic E-state index is 0.0328. The molecule has 118 valence electrons. The molecule has 0 radical (unpaired) electrons. The number of carbonyl (C=O) groups is 1. The van der Waals surface area contributed by atoms with Gasteiger partial charge in [0.1, 0.15) is 11.4 Å². The molecule has 0 aliphatic heterocycles. The average molecular weight is 378 g/mol. The highest BCUT2D eigenvalue weighted by Crippen LogP contribution is 2.36. The van der Waals surface area contributed by atoms with Crippen LogP contribution < -0.4 is 4.74 Å². The summed E-state index contributed by atoms with van der Waals surface area (Å²) in [4.78, 5) is 14.7. The molecule has 1 aromatic rings. The Morgan fingerprint density at radius 3 is 2.48 bits per heavy atom. The van der Waals surface area contributed by atoms with Crippen molar-refractivity contribution in [3.05, 3.63) is 23.0 Å². The van der Waals surface area contributed by atoms with Gasteiger partial charge in [-0.1, -0.05) is 15.9 Å². The number of rotatable bonds is 5. The van der Waals surface area contributed by atoms with E-state index in [4.69, 9.17) is 0 Å². The Balaban J connectivity index is 3.39. The number of pyridine rings is 1. The summed E-state index contributed by atoms with van der Waals surface area (Å²) in [5.74, 6) is -2.14. The fraction of sp³-hybridized carbons (Fsp3) is 0.455. The van der Waals surface area contributed by atoms with Crippen LogP contribution in [0.3, 0.4) is 0 Å². The molecular formula is C11H9BrF5NO3. The van der Waals surface area contributed by atoms with E-state index in [1.165, 1.54) is 6.92 Å². The average Bonchev–Trinajstić information content (AvgIpc) is 2.36. The van der Waals surface area contributed by atoms with Crippen molar-refractivity contribution in [1.82, 2.24) is 4.98 Å². The molecule has 4 nitrogen and oxygen atoms in total. The van der Waals surface area contributed by atoms with Gasteiger partial charge < -0.3 is 9.47 Å². The number of ether oxygens (including phenoxy) is 2. The monoisotopic (exact) mass is 377 g/mol. The number of carbonyl (C=O) groups excluding carboxylic acids is 1. The van der Waals surface area contributed by atoms with Crippen molar-refractivity contribution in [2.24, 2.45) is 0 Å². The van der Waals surface area contributed by atoms with Gasteiger partial charge in [-0.3, -0.25) is 0 Å². The summed E-state index contributed by atoms with van der Waals surface area (Å²) in [5, 5.41) is -0.243. The Morgan fingerprint density at radius 1 is 1.43 bits per heavy atom. The number of aromatic nitrogens is 1. The molecule has 0 saturated carbocycles. The normalized spacial score (nSPS) is 11.6. The van der Waals surface area contributed by atoms with E-state index < -0.39 is 35.9 Å².